The van der Waals surface area contributed by atoms with Crippen LogP contribution in [0, 0.1) is 0 Å². The van der Waals surface area contributed by atoms with E-state index in [1.807, 2.05) is 35.5 Å². The number of carbonyl (C=O) groups excluding carboxylic acids is 1. The molecule has 0 aliphatic carbocycles. The minimum absolute atomic E-state index is 0.0269. The fourth-order valence-corrected chi connectivity index (χ4v) is 5.60. The lowest BCUT2D eigenvalue weighted by Gasteiger charge is -2.24. The van der Waals surface area contributed by atoms with Gasteiger partial charge in [-0.15, -0.1) is 11.3 Å². The molecule has 26 heavy (non-hydrogen) atoms. The normalized spacial score (nSPS) is 19.1. The number of sulfone groups is 1. The van der Waals surface area contributed by atoms with Crippen molar-refractivity contribution in [1.29, 1.82) is 0 Å². The van der Waals surface area contributed by atoms with Crippen LogP contribution < -0.4 is 0 Å². The number of carbonyl (C=O) groups is 1. The summed E-state index contributed by atoms with van der Waals surface area (Å²) in [6.07, 6.45) is 1.03. The second-order valence-electron chi connectivity index (χ2n) is 6.79. The zero-order valence-corrected chi connectivity index (χ0v) is 16.6. The molecule has 0 aromatic carbocycles. The summed E-state index contributed by atoms with van der Waals surface area (Å²) in [4.78, 5) is 17.1. The number of aromatic nitrogens is 2. The lowest BCUT2D eigenvalue weighted by atomic mass is 10.2. The first-order valence-corrected chi connectivity index (χ1v) is 11.3. The van der Waals surface area contributed by atoms with Crippen LogP contribution in [-0.4, -0.2) is 72.5 Å². The van der Waals surface area contributed by atoms with E-state index in [1.165, 1.54) is 0 Å². The van der Waals surface area contributed by atoms with Crippen molar-refractivity contribution in [2.75, 3.05) is 32.1 Å². The topological polar surface area (TPSA) is 86.4 Å². The van der Waals surface area contributed by atoms with Crippen LogP contribution in [0.1, 0.15) is 18.5 Å². The molecule has 0 radical (unpaired) electrons. The van der Waals surface area contributed by atoms with Gasteiger partial charge < -0.3 is 9.80 Å². The van der Waals surface area contributed by atoms with E-state index in [2.05, 4.69) is 10.2 Å². The fraction of sp³-hybridized carbons (Fsp3) is 0.529. The average molecular weight is 397 g/mol. The predicted octanol–water partition coefficient (Wildman–Crippen LogP) is 1.61. The maximum atomic E-state index is 12.4. The van der Waals surface area contributed by atoms with Crippen LogP contribution in [-0.2, 0) is 21.2 Å². The Kier molecular flexibility index (Phi) is 5.79. The molecule has 1 unspecified atom stereocenters. The summed E-state index contributed by atoms with van der Waals surface area (Å²) in [5.41, 5.74) is 1.78. The summed E-state index contributed by atoms with van der Waals surface area (Å²) in [6, 6.07) is 5.99. The molecule has 9 heteroatoms. The number of aromatic amines is 1. The number of hydrogen-bond donors (Lipinski definition) is 1. The molecule has 0 bridgehead atoms. The molecule has 1 N–H and O–H groups in total. The maximum Gasteiger partial charge on any atom is 0.223 e. The molecule has 1 amide bonds. The SMILES string of the molecule is CN(Cc1cc(-c2cccs2)n[nH]1)C(=O)CCN(C)C1CCS(=O)(=O)C1. The zero-order valence-electron chi connectivity index (χ0n) is 15.0. The molecule has 3 heterocycles. The van der Waals surface area contributed by atoms with E-state index in [-0.39, 0.29) is 23.5 Å². The standard InChI is InChI=1S/C17H24N4O3S2/c1-20(14-6-9-26(23,24)12-14)7-5-17(22)21(2)11-13-10-15(19-18-13)16-4-3-8-25-16/h3-4,8,10,14H,5-7,9,11-12H2,1-2H3,(H,18,19). The van der Waals surface area contributed by atoms with Crippen molar-refractivity contribution in [1.82, 2.24) is 20.0 Å². The summed E-state index contributed by atoms with van der Waals surface area (Å²) in [7, 11) is 0.762. The number of nitrogens with zero attached hydrogens (tertiary/aromatic N) is 3. The molecule has 2 aromatic rings. The Hall–Kier alpha value is -1.71. The minimum atomic E-state index is -2.90. The molecule has 2 aromatic heterocycles. The number of amides is 1. The second-order valence-corrected chi connectivity index (χ2v) is 9.97. The van der Waals surface area contributed by atoms with Gasteiger partial charge in [-0.05, 0) is 31.0 Å². The molecule has 0 spiro atoms. The van der Waals surface area contributed by atoms with Crippen molar-refractivity contribution >= 4 is 27.1 Å². The lowest BCUT2D eigenvalue weighted by Crippen LogP contribution is -2.36. The van der Waals surface area contributed by atoms with Gasteiger partial charge in [-0.3, -0.25) is 9.89 Å². The van der Waals surface area contributed by atoms with Gasteiger partial charge in [-0.2, -0.15) is 5.10 Å². The van der Waals surface area contributed by atoms with Crippen molar-refractivity contribution in [3.05, 3.63) is 29.3 Å². The number of thiophene rings is 1. The molecule has 1 saturated heterocycles. The first-order valence-electron chi connectivity index (χ1n) is 8.57. The third kappa shape index (κ3) is 4.72. The van der Waals surface area contributed by atoms with Gasteiger partial charge in [0.1, 0.15) is 5.69 Å². The van der Waals surface area contributed by atoms with Gasteiger partial charge >= 0.3 is 0 Å². The van der Waals surface area contributed by atoms with Crippen molar-refractivity contribution in [3.8, 4) is 10.6 Å². The van der Waals surface area contributed by atoms with Crippen molar-refractivity contribution in [3.63, 3.8) is 0 Å². The Morgan fingerprint density at radius 2 is 2.23 bits per heavy atom. The molecular formula is C17H24N4O3S2. The number of rotatable bonds is 7. The second kappa shape index (κ2) is 7.89. The van der Waals surface area contributed by atoms with Crippen molar-refractivity contribution in [2.24, 2.45) is 0 Å². The molecule has 3 rings (SSSR count). The highest BCUT2D eigenvalue weighted by Gasteiger charge is 2.30. The molecule has 1 fully saturated rings. The highest BCUT2D eigenvalue weighted by molar-refractivity contribution is 7.91. The Balaban J connectivity index is 1.47. The van der Waals surface area contributed by atoms with Crippen LogP contribution in [0.4, 0.5) is 0 Å². The van der Waals surface area contributed by atoms with Gasteiger partial charge in [0.25, 0.3) is 0 Å². The molecule has 1 aliphatic rings. The van der Waals surface area contributed by atoms with Gasteiger partial charge in [0, 0.05) is 26.1 Å². The monoisotopic (exact) mass is 396 g/mol. The van der Waals surface area contributed by atoms with Crippen LogP contribution in [0.2, 0.25) is 0 Å². The van der Waals surface area contributed by atoms with E-state index in [4.69, 9.17) is 0 Å². The molecule has 1 aliphatic heterocycles. The van der Waals surface area contributed by atoms with Crippen LogP contribution in [0.25, 0.3) is 10.6 Å². The van der Waals surface area contributed by atoms with Crippen LogP contribution in [0.5, 0.6) is 0 Å². The summed E-state index contributed by atoms with van der Waals surface area (Å²) in [6.45, 7) is 1.03. The average Bonchev–Trinajstić information content (AvgIpc) is 3.32. The van der Waals surface area contributed by atoms with Gasteiger partial charge in [-0.25, -0.2) is 8.42 Å². The third-order valence-corrected chi connectivity index (χ3v) is 7.39. The highest BCUT2D eigenvalue weighted by atomic mass is 32.2. The minimum Gasteiger partial charge on any atom is -0.340 e. The van der Waals surface area contributed by atoms with Gasteiger partial charge in [-0.1, -0.05) is 6.07 Å². The van der Waals surface area contributed by atoms with E-state index < -0.39 is 9.84 Å². The van der Waals surface area contributed by atoms with Crippen LogP contribution in [0.3, 0.4) is 0 Å². The maximum absolute atomic E-state index is 12.4. The lowest BCUT2D eigenvalue weighted by molar-refractivity contribution is -0.130. The van der Waals surface area contributed by atoms with E-state index >= 15 is 0 Å². The predicted molar refractivity (Wildman–Crippen MR) is 103 cm³/mol. The first kappa shape index (κ1) is 19.1. The Labute approximate surface area is 157 Å². The summed E-state index contributed by atoms with van der Waals surface area (Å²) in [5, 5.41) is 9.28. The van der Waals surface area contributed by atoms with Crippen LogP contribution in [0.15, 0.2) is 23.6 Å². The fourth-order valence-electron chi connectivity index (χ4n) is 3.11. The van der Waals surface area contributed by atoms with Crippen LogP contribution >= 0.6 is 11.3 Å². The summed E-state index contributed by atoms with van der Waals surface area (Å²) < 4.78 is 23.1. The van der Waals surface area contributed by atoms with Gasteiger partial charge in [0.15, 0.2) is 9.84 Å². The molecule has 7 nitrogen and oxygen atoms in total. The highest BCUT2D eigenvalue weighted by Crippen LogP contribution is 2.23. The van der Waals surface area contributed by atoms with E-state index in [0.29, 0.717) is 25.9 Å². The molecule has 0 saturated carbocycles. The Morgan fingerprint density at radius 1 is 1.42 bits per heavy atom. The zero-order chi connectivity index (χ0) is 18.7. The number of nitrogens with one attached hydrogen (secondary N) is 1. The molecule has 142 valence electrons. The van der Waals surface area contributed by atoms with E-state index in [9.17, 15) is 13.2 Å². The van der Waals surface area contributed by atoms with Gasteiger partial charge in [0.05, 0.1) is 28.6 Å². The summed E-state index contributed by atoms with van der Waals surface area (Å²) in [5.74, 6) is 0.486. The molecule has 1 atom stereocenters. The Morgan fingerprint density at radius 3 is 2.88 bits per heavy atom. The quantitative estimate of drug-likeness (QED) is 0.768. The summed E-state index contributed by atoms with van der Waals surface area (Å²) >= 11 is 1.63. The molecular weight excluding hydrogens is 372 g/mol. The Bertz CT molecular complexity index is 845. The van der Waals surface area contributed by atoms with Crippen molar-refractivity contribution in [2.45, 2.75) is 25.4 Å². The number of H-pyrrole nitrogens is 1. The third-order valence-electron chi connectivity index (χ3n) is 4.75. The number of hydrogen-bond acceptors (Lipinski definition) is 6. The first-order chi connectivity index (χ1) is 12.3. The smallest absolute Gasteiger partial charge is 0.223 e. The van der Waals surface area contributed by atoms with Crippen molar-refractivity contribution < 1.29 is 13.2 Å². The van der Waals surface area contributed by atoms with Gasteiger partial charge in [0.2, 0.25) is 5.91 Å². The van der Waals surface area contributed by atoms with E-state index in [0.717, 1.165) is 16.3 Å². The largest absolute Gasteiger partial charge is 0.340 e. The van der Waals surface area contributed by atoms with E-state index in [1.54, 1.807) is 23.3 Å².